The third kappa shape index (κ3) is 25.4. The number of nitrogens with one attached hydrogen (secondary N) is 3. The zero-order chi connectivity index (χ0) is 78.5. The summed E-state index contributed by atoms with van der Waals surface area (Å²) in [5.41, 5.74) is -11.9. The van der Waals surface area contributed by atoms with Gasteiger partial charge in [-0.15, -0.1) is 0 Å². The first-order valence-corrected chi connectivity index (χ1v) is 33.2. The van der Waals surface area contributed by atoms with Gasteiger partial charge in [-0.25, -0.2) is 45.0 Å². The lowest BCUT2D eigenvalue weighted by Gasteiger charge is -2.31. The molecule has 0 spiro atoms. The molecular formula is C57H64F13N11O21S2. The van der Waals surface area contributed by atoms with Gasteiger partial charge >= 0.3 is 48.3 Å². The number of nitro benzene ring substituents is 2. The second-order valence-electron chi connectivity index (χ2n) is 21.2. The van der Waals surface area contributed by atoms with Crippen molar-refractivity contribution in [3.63, 3.8) is 0 Å². The second-order valence-corrected chi connectivity index (χ2v) is 25.1. The van der Waals surface area contributed by atoms with Crippen LogP contribution in [-0.2, 0) is 88.4 Å². The average Bonchev–Trinajstić information content (AvgIpc) is 0.766. The Hall–Kier alpha value is -9.52. The largest absolute Gasteiger partial charge is 0.465 e. The SMILES string of the molecule is C1COCCN1.COC(=O)c1cc(F)c(C(F)(F)F)cc1[N+](=O)[O-].COC(=O)c1cc(N2CCOCC2)c(C(F)(F)F)cc1N=CC=O.COC(=O)c1cc(N2CCOCC2)c(C(F)(F)F)cc1[N+](=O)[O-].CS(=O)(=O)Cn1c(=O)[nH]c2cc(C(F)(F)F)c(N3CCOCC3)cc2c1=O.CS(=O)(=O)NN. The monoisotopic (exact) mass is 1550 g/mol. The molecule has 5 heterocycles. The molecule has 47 heteroatoms. The Morgan fingerprint density at radius 1 is 0.587 bits per heavy atom. The minimum atomic E-state index is -5.09. The Labute approximate surface area is 578 Å². The van der Waals surface area contributed by atoms with E-state index in [1.54, 1.807) is 4.83 Å². The fraction of sp³-hybridized carbons (Fsp3) is 0.456. The molecule has 0 atom stereocenters. The number of carbonyl (C=O) groups excluding carboxylic acids is 4. The molecule has 0 aliphatic carbocycles. The van der Waals surface area contributed by atoms with Crippen molar-refractivity contribution in [2.45, 2.75) is 30.6 Å². The first kappa shape index (κ1) is 86.9. The van der Waals surface area contributed by atoms with Gasteiger partial charge in [0.25, 0.3) is 16.9 Å². The number of sulfonamides is 1. The Morgan fingerprint density at radius 2 is 0.942 bits per heavy atom. The molecule has 4 fully saturated rings. The summed E-state index contributed by atoms with van der Waals surface area (Å²) in [4.78, 5) is 101. The first-order valence-electron chi connectivity index (χ1n) is 29.3. The molecule has 5 N–H and O–H groups in total. The summed E-state index contributed by atoms with van der Waals surface area (Å²) in [6.07, 6.45) is -16.3. The Bertz CT molecular complexity index is 4260. The number of nitrogens with two attached hydrogens (primary N) is 1. The summed E-state index contributed by atoms with van der Waals surface area (Å²) in [5, 5.41) is 24.5. The highest BCUT2D eigenvalue weighted by atomic mass is 32.2. The van der Waals surface area contributed by atoms with Crippen LogP contribution in [0.4, 0.5) is 91.2 Å². The van der Waals surface area contributed by atoms with Crippen molar-refractivity contribution < 1.29 is 136 Å². The van der Waals surface area contributed by atoms with E-state index < -0.39 is 140 Å². The number of rotatable bonds is 13. The van der Waals surface area contributed by atoms with E-state index in [1.165, 1.54) is 14.7 Å². The van der Waals surface area contributed by atoms with Crippen molar-refractivity contribution in [3.8, 4) is 0 Å². The van der Waals surface area contributed by atoms with E-state index in [0.717, 1.165) is 90.6 Å². The Balaban J connectivity index is 0.000000280. The van der Waals surface area contributed by atoms with Gasteiger partial charge in [-0.1, -0.05) is 0 Å². The number of anilines is 3. The molecule has 0 radical (unpaired) electrons. The topological polar surface area (TPSA) is 414 Å². The number of nitro groups is 2. The van der Waals surface area contributed by atoms with E-state index in [-0.39, 0.29) is 130 Å². The van der Waals surface area contributed by atoms with Crippen LogP contribution in [0.3, 0.4) is 0 Å². The molecular weight excluding hydrogens is 1490 g/mol. The highest BCUT2D eigenvalue weighted by Crippen LogP contribution is 2.44. The van der Waals surface area contributed by atoms with Crippen LogP contribution < -0.4 is 41.9 Å². The molecule has 9 rings (SSSR count). The van der Waals surface area contributed by atoms with Crippen molar-refractivity contribution in [2.75, 3.05) is 154 Å². The van der Waals surface area contributed by atoms with E-state index in [4.69, 9.17) is 18.9 Å². The number of morpholine rings is 4. The van der Waals surface area contributed by atoms with Gasteiger partial charge in [0, 0.05) is 70.7 Å². The molecule has 576 valence electrons. The number of esters is 3. The maximum Gasteiger partial charge on any atom is 0.419 e. The number of hydrazine groups is 1. The lowest BCUT2D eigenvalue weighted by atomic mass is 10.0. The zero-order valence-electron chi connectivity index (χ0n) is 54.8. The quantitative estimate of drug-likeness (QED) is 0.0164. The third-order valence-corrected chi connectivity index (χ3v) is 15.2. The van der Waals surface area contributed by atoms with Crippen molar-refractivity contribution in [1.82, 2.24) is 19.7 Å². The highest BCUT2D eigenvalue weighted by Gasteiger charge is 2.42. The molecule has 0 amide bonds. The number of sulfone groups is 1. The van der Waals surface area contributed by atoms with Crippen LogP contribution >= 0.6 is 0 Å². The van der Waals surface area contributed by atoms with Crippen molar-refractivity contribution in [1.29, 1.82) is 0 Å². The summed E-state index contributed by atoms with van der Waals surface area (Å²) in [5.74, 6) is -1.39. The standard InChI is InChI=1S/C15H16F3N3O5S.C15H15F3N2O4.C13H13F3N2O5.C9H5F4NO4.C4H9NO.CH6N2O2S/c1-27(24,25)8-21-13(22)9-6-12(20-2-4-26-5-3-20)10(15(16,17)18)7-11(9)19-14(21)23;1-23-14(22)10-8-13(20-3-6-24-7-4-20)11(15(16,17)18)9-12(10)19-2-5-21;1-22-12(19)8-6-11(17-2-4-23-5-3-17)9(13(14,15)16)7-10(8)18(20)21;1-18-8(15)4-2-6(10)5(9(11,12)13)3-7(4)14(16)17;1-3-6-4-2-5-1;1-6(4,5)3-2/h6-7H,2-5,8H2,1H3,(H,19,23);2,5,8-9H,3-4,6-7H2,1H3;6-7H,2-5H2,1H3;2-3H,1H3;5H,1-4H2;3H,2H2,1H3. The summed E-state index contributed by atoms with van der Waals surface area (Å²) in [7, 11) is -3.88. The minimum Gasteiger partial charge on any atom is -0.465 e. The number of aldehydes is 1. The first-order chi connectivity index (χ1) is 48.3. The third-order valence-electron chi connectivity index (χ3n) is 14.0. The van der Waals surface area contributed by atoms with Crippen LogP contribution in [0.2, 0.25) is 0 Å². The van der Waals surface area contributed by atoms with E-state index in [1.807, 2.05) is 0 Å². The number of aromatic amines is 1. The lowest BCUT2D eigenvalue weighted by Crippen LogP contribution is -2.39. The molecule has 0 saturated carbocycles. The number of H-pyrrole nitrogens is 1. The summed E-state index contributed by atoms with van der Waals surface area (Å²) >= 11 is 0. The highest BCUT2D eigenvalue weighted by molar-refractivity contribution is 7.89. The maximum atomic E-state index is 13.5. The molecule has 0 unspecified atom stereocenters. The van der Waals surface area contributed by atoms with E-state index in [0.29, 0.717) is 23.0 Å². The van der Waals surface area contributed by atoms with E-state index in [2.05, 4.69) is 35.3 Å². The van der Waals surface area contributed by atoms with Gasteiger partial charge in [-0.3, -0.25) is 40.7 Å². The second kappa shape index (κ2) is 37.8. The van der Waals surface area contributed by atoms with Crippen LogP contribution in [0, 0.1) is 26.0 Å². The van der Waals surface area contributed by atoms with E-state index >= 15 is 0 Å². The molecule has 32 nitrogen and oxygen atoms in total. The number of carbonyl (C=O) groups is 4. The average molecular weight is 1550 g/mol. The van der Waals surface area contributed by atoms with Gasteiger partial charge in [0.15, 0.2) is 16.1 Å². The predicted octanol–water partition coefficient (Wildman–Crippen LogP) is 5.57. The number of alkyl halides is 12. The lowest BCUT2D eigenvalue weighted by molar-refractivity contribution is -0.385. The molecule has 104 heavy (non-hydrogen) atoms. The smallest absolute Gasteiger partial charge is 0.419 e. The van der Waals surface area contributed by atoms with Gasteiger partial charge < -0.3 is 58.2 Å². The summed E-state index contributed by atoms with van der Waals surface area (Å²) < 4.78 is 247. The van der Waals surface area contributed by atoms with Crippen LogP contribution in [0.25, 0.3) is 10.9 Å². The molecule has 4 saturated heterocycles. The Kier molecular flexibility index (Phi) is 31.6. The number of halogens is 13. The number of methoxy groups -OCH3 is 3. The molecule has 4 aliphatic heterocycles. The van der Waals surface area contributed by atoms with Crippen LogP contribution in [0.5, 0.6) is 0 Å². The number of aromatic nitrogens is 2. The molecule has 1 aromatic heterocycles. The van der Waals surface area contributed by atoms with Crippen LogP contribution in [0.15, 0.2) is 63.1 Å². The van der Waals surface area contributed by atoms with Gasteiger partial charge in [0.05, 0.1) is 158 Å². The fourth-order valence-electron chi connectivity index (χ4n) is 9.31. The van der Waals surface area contributed by atoms with E-state index in [9.17, 15) is 123 Å². The molecule has 0 bridgehead atoms. The van der Waals surface area contributed by atoms with Crippen molar-refractivity contribution >= 4 is 95.3 Å². The number of ether oxygens (including phenoxy) is 7. The number of hydrogen-bond acceptors (Lipinski definition) is 27. The van der Waals surface area contributed by atoms with Crippen LogP contribution in [0.1, 0.15) is 53.3 Å². The van der Waals surface area contributed by atoms with Gasteiger partial charge in [0.2, 0.25) is 10.0 Å². The Morgan fingerprint density at radius 3 is 1.29 bits per heavy atom. The molecule has 5 aromatic rings. The fourth-order valence-corrected chi connectivity index (χ4v) is 10.0. The number of nitrogens with zero attached hydrogens (tertiary/aromatic N) is 7. The van der Waals surface area contributed by atoms with Gasteiger partial charge in [-0.05, 0) is 36.4 Å². The number of fused-ring (bicyclic) bond motifs is 1. The number of aliphatic imine (C=N–C) groups is 1. The minimum absolute atomic E-state index is 0.0401. The summed E-state index contributed by atoms with van der Waals surface area (Å²) in [6.45, 7) is 6.63. The predicted molar refractivity (Wildman–Crippen MR) is 339 cm³/mol. The molecule has 4 aliphatic rings. The number of hydrogen-bond donors (Lipinski definition) is 4. The van der Waals surface area contributed by atoms with Crippen molar-refractivity contribution in [3.05, 3.63) is 134 Å². The summed E-state index contributed by atoms with van der Waals surface area (Å²) in [6, 6.07) is 4.91. The normalized spacial score (nSPS) is 15.2. The van der Waals surface area contributed by atoms with Crippen molar-refractivity contribution in [2.24, 2.45) is 10.8 Å². The van der Waals surface area contributed by atoms with Gasteiger partial charge in [0.1, 0.15) is 22.8 Å². The number of benzene rings is 4. The maximum absolute atomic E-state index is 13.5. The van der Waals surface area contributed by atoms with Crippen LogP contribution in [-0.4, -0.2) is 206 Å². The molecule has 4 aromatic carbocycles. The zero-order valence-corrected chi connectivity index (χ0v) is 56.4. The van der Waals surface area contributed by atoms with Gasteiger partial charge in [-0.2, -0.15) is 57.5 Å².